The number of amides is 1. The molecule has 2 aromatic rings. The van der Waals surface area contributed by atoms with E-state index in [4.69, 9.17) is 14.6 Å². The van der Waals surface area contributed by atoms with Gasteiger partial charge >= 0.3 is 12.1 Å². The Morgan fingerprint density at radius 2 is 1.61 bits per heavy atom. The highest BCUT2D eigenvalue weighted by atomic mass is 19.4. The number of alkyl halides is 3. The number of aliphatic carboxylic acids is 1. The molecule has 0 spiro atoms. The maximum Gasteiger partial charge on any atom is 0.490 e. The number of carbonyl (C=O) groups excluding carboxylic acids is 1. The second-order valence-corrected chi connectivity index (χ2v) is 10.0. The van der Waals surface area contributed by atoms with Gasteiger partial charge in [0, 0.05) is 55.4 Å². The molecular weight excluding hydrogens is 503 g/mol. The van der Waals surface area contributed by atoms with Crippen molar-refractivity contribution in [3.63, 3.8) is 0 Å². The maximum atomic E-state index is 13.2. The minimum Gasteiger partial charge on any atom is -0.475 e. The number of rotatable bonds is 6. The summed E-state index contributed by atoms with van der Waals surface area (Å²) in [6, 6.07) is 2.32. The Bertz CT molecular complexity index is 1070. The lowest BCUT2D eigenvalue weighted by atomic mass is 10.1. The van der Waals surface area contributed by atoms with E-state index in [1.807, 2.05) is 18.5 Å². The molecule has 0 bridgehead atoms. The molecule has 208 valence electrons. The van der Waals surface area contributed by atoms with Gasteiger partial charge in [0.1, 0.15) is 5.69 Å². The zero-order chi connectivity index (χ0) is 27.1. The molecule has 2 N–H and O–H groups in total. The highest BCUT2D eigenvalue weighted by Crippen LogP contribution is 2.33. The van der Waals surface area contributed by atoms with Crippen LogP contribution in [0.1, 0.15) is 61.9 Å². The first-order chi connectivity index (χ1) is 18.2. The number of hydrogen-bond acceptors (Lipinski definition) is 6. The smallest absolute Gasteiger partial charge is 0.475 e. The Morgan fingerprint density at radius 1 is 1.00 bits per heavy atom. The average Bonchev–Trinajstić information content (AvgIpc) is 3.67. The van der Waals surface area contributed by atoms with Crippen LogP contribution in [0.25, 0.3) is 11.1 Å². The first kappa shape index (κ1) is 27.9. The molecule has 38 heavy (non-hydrogen) atoms. The number of nitrogens with one attached hydrogen (secondary N) is 1. The summed E-state index contributed by atoms with van der Waals surface area (Å²) in [5.41, 5.74) is 2.73. The zero-order valence-corrected chi connectivity index (χ0v) is 21.3. The fourth-order valence-electron chi connectivity index (χ4n) is 4.67. The van der Waals surface area contributed by atoms with E-state index in [2.05, 4.69) is 30.9 Å². The second-order valence-electron chi connectivity index (χ2n) is 10.0. The van der Waals surface area contributed by atoms with E-state index in [1.54, 1.807) is 0 Å². The molecule has 9 nitrogen and oxygen atoms in total. The summed E-state index contributed by atoms with van der Waals surface area (Å²) < 4.78 is 39.3. The van der Waals surface area contributed by atoms with Crippen LogP contribution in [0.3, 0.4) is 0 Å². The third kappa shape index (κ3) is 7.92. The van der Waals surface area contributed by atoms with E-state index in [0.29, 0.717) is 25.2 Å². The zero-order valence-electron chi connectivity index (χ0n) is 21.3. The number of morpholine rings is 1. The number of halogens is 3. The van der Waals surface area contributed by atoms with Crippen LogP contribution in [-0.2, 0) is 16.1 Å². The number of carboxylic acids is 1. The molecule has 2 saturated carbocycles. The van der Waals surface area contributed by atoms with Gasteiger partial charge in [-0.15, -0.1) is 0 Å². The van der Waals surface area contributed by atoms with Gasteiger partial charge in [-0.1, -0.05) is 25.7 Å². The molecule has 3 heterocycles. The minimum atomic E-state index is -5.08. The van der Waals surface area contributed by atoms with Gasteiger partial charge in [-0.2, -0.15) is 13.2 Å². The second kappa shape index (κ2) is 12.6. The van der Waals surface area contributed by atoms with Crippen molar-refractivity contribution < 1.29 is 32.6 Å². The van der Waals surface area contributed by atoms with Gasteiger partial charge in [0.15, 0.2) is 0 Å². The number of carbonyl (C=O) groups is 2. The van der Waals surface area contributed by atoms with Crippen LogP contribution >= 0.6 is 0 Å². The fraction of sp³-hybridized carbons (Fsp3) is 0.615. The Morgan fingerprint density at radius 3 is 2.16 bits per heavy atom. The van der Waals surface area contributed by atoms with Gasteiger partial charge in [0.05, 0.1) is 13.2 Å². The summed E-state index contributed by atoms with van der Waals surface area (Å²) in [6.07, 6.45) is 10.5. The van der Waals surface area contributed by atoms with Gasteiger partial charge in [0.2, 0.25) is 5.95 Å². The summed E-state index contributed by atoms with van der Waals surface area (Å²) >= 11 is 0. The quantitative estimate of drug-likeness (QED) is 0.530. The van der Waals surface area contributed by atoms with Gasteiger partial charge in [-0.05, 0) is 37.7 Å². The van der Waals surface area contributed by atoms with Crippen molar-refractivity contribution in [2.24, 2.45) is 5.92 Å². The van der Waals surface area contributed by atoms with Crippen molar-refractivity contribution >= 4 is 17.8 Å². The molecule has 1 amide bonds. The van der Waals surface area contributed by atoms with Crippen LogP contribution in [0.15, 0.2) is 24.7 Å². The van der Waals surface area contributed by atoms with Crippen molar-refractivity contribution in [2.45, 2.75) is 70.1 Å². The number of nitrogens with zero attached hydrogens (tertiary/aromatic N) is 4. The molecular formula is C26H34F3N5O4. The van der Waals surface area contributed by atoms with E-state index in [-0.39, 0.29) is 5.91 Å². The first-order valence-corrected chi connectivity index (χ1v) is 13.2. The van der Waals surface area contributed by atoms with Crippen molar-refractivity contribution in [3.8, 4) is 11.1 Å². The Labute approximate surface area is 219 Å². The van der Waals surface area contributed by atoms with Crippen molar-refractivity contribution in [3.05, 3.63) is 30.4 Å². The highest BCUT2D eigenvalue weighted by molar-refractivity contribution is 5.94. The lowest BCUT2D eigenvalue weighted by Crippen LogP contribution is -2.37. The number of carboxylic acid groups (broad SMARTS) is 1. The lowest BCUT2D eigenvalue weighted by Gasteiger charge is -2.26. The van der Waals surface area contributed by atoms with Gasteiger partial charge in [-0.25, -0.2) is 14.8 Å². The van der Waals surface area contributed by atoms with Gasteiger partial charge in [0.25, 0.3) is 5.91 Å². The highest BCUT2D eigenvalue weighted by Gasteiger charge is 2.38. The van der Waals surface area contributed by atoms with Gasteiger partial charge < -0.3 is 24.6 Å². The Balaban J connectivity index is 0.000000426. The van der Waals surface area contributed by atoms with E-state index < -0.39 is 12.1 Å². The average molecular weight is 538 g/mol. The third-order valence-electron chi connectivity index (χ3n) is 6.98. The summed E-state index contributed by atoms with van der Waals surface area (Å²) in [7, 11) is 0. The summed E-state index contributed by atoms with van der Waals surface area (Å²) in [5, 5.41) is 10.4. The van der Waals surface area contributed by atoms with Crippen LogP contribution in [0.2, 0.25) is 0 Å². The largest absolute Gasteiger partial charge is 0.490 e. The monoisotopic (exact) mass is 537 g/mol. The van der Waals surface area contributed by atoms with E-state index in [9.17, 15) is 18.0 Å². The Hall–Kier alpha value is -3.15. The number of hydrogen-bond donors (Lipinski definition) is 2. The molecule has 12 heteroatoms. The fourth-order valence-corrected chi connectivity index (χ4v) is 4.67. The maximum absolute atomic E-state index is 13.2. The molecule has 5 rings (SSSR count). The molecule has 0 radical (unpaired) electrons. The number of ether oxygens (including phenoxy) is 1. The predicted molar refractivity (Wildman–Crippen MR) is 134 cm³/mol. The molecule has 0 atom stereocenters. The molecule has 0 unspecified atom stereocenters. The van der Waals surface area contributed by atoms with Crippen LogP contribution in [0, 0.1) is 5.92 Å². The third-order valence-corrected chi connectivity index (χ3v) is 6.98. The van der Waals surface area contributed by atoms with Crippen LogP contribution < -0.4 is 10.2 Å². The molecule has 2 aliphatic carbocycles. The topological polar surface area (TPSA) is 110 Å². The first-order valence-electron chi connectivity index (χ1n) is 13.2. The van der Waals surface area contributed by atoms with Crippen molar-refractivity contribution in [1.29, 1.82) is 0 Å². The standard InChI is InChI=1S/C24H33N5O2.C2HF3O2/c30-23(27-21-5-3-1-2-4-6-21)22-13-19(17-29(22)16-18-7-8-18)20-14-25-24(26-15-20)28-9-11-31-12-10-28;3-2(4,5)1(6)7/h13-15,17-18,21H,1-12,16H2,(H,27,30);(H,6,7). The molecule has 3 fully saturated rings. The van der Waals surface area contributed by atoms with Gasteiger partial charge in [-0.3, -0.25) is 4.79 Å². The van der Waals surface area contributed by atoms with Crippen LogP contribution in [0.4, 0.5) is 19.1 Å². The summed E-state index contributed by atoms with van der Waals surface area (Å²) in [4.78, 5) is 33.4. The predicted octanol–water partition coefficient (Wildman–Crippen LogP) is 4.28. The summed E-state index contributed by atoms with van der Waals surface area (Å²) in [6.45, 7) is 3.99. The molecule has 1 saturated heterocycles. The van der Waals surface area contributed by atoms with Crippen molar-refractivity contribution in [2.75, 3.05) is 31.2 Å². The molecule has 0 aromatic carbocycles. The summed E-state index contributed by atoms with van der Waals surface area (Å²) in [5.74, 6) is -1.25. The number of aromatic nitrogens is 3. The SMILES string of the molecule is O=C(NC1CCCCCC1)c1cc(-c2cnc(N3CCOCC3)nc2)cn1CC1CC1.O=C(O)C(F)(F)F. The van der Waals surface area contributed by atoms with E-state index in [0.717, 1.165) is 55.2 Å². The van der Waals surface area contributed by atoms with Crippen LogP contribution in [-0.4, -0.2) is 70.0 Å². The molecule has 3 aliphatic rings. The van der Waals surface area contributed by atoms with E-state index in [1.165, 1.54) is 38.5 Å². The minimum absolute atomic E-state index is 0.0599. The normalized spacial score (nSPS) is 18.8. The van der Waals surface area contributed by atoms with Crippen LogP contribution in [0.5, 0.6) is 0 Å². The Kier molecular flexibility index (Phi) is 9.24. The molecule has 1 aliphatic heterocycles. The number of anilines is 1. The van der Waals surface area contributed by atoms with E-state index >= 15 is 0 Å². The lowest BCUT2D eigenvalue weighted by molar-refractivity contribution is -0.192. The molecule has 2 aromatic heterocycles. The van der Waals surface area contributed by atoms with Crippen molar-refractivity contribution in [1.82, 2.24) is 19.9 Å².